The number of carbonyl (C=O) groups is 2. The van der Waals surface area contributed by atoms with E-state index in [1.54, 1.807) is 6.92 Å². The Morgan fingerprint density at radius 3 is 2.72 bits per heavy atom. The van der Waals surface area contributed by atoms with Crippen LogP contribution < -0.4 is 11.1 Å². The molecule has 2 fully saturated rings. The number of nitrogen functional groups attached to an aromatic ring is 1. The molecule has 3 heterocycles. The molecule has 1 aromatic carbocycles. The molecule has 3 aromatic heterocycles. The van der Waals surface area contributed by atoms with Crippen LogP contribution in [-0.4, -0.2) is 42.5 Å². The number of fused-ring (bicyclic) bond motifs is 3. The molecule has 1 amide bonds. The number of hydrogen-bond acceptors (Lipinski definition) is 8. The van der Waals surface area contributed by atoms with Crippen LogP contribution in [0.5, 0.6) is 0 Å². The van der Waals surface area contributed by atoms with Gasteiger partial charge < -0.3 is 11.1 Å². The summed E-state index contributed by atoms with van der Waals surface area (Å²) in [6.45, 7) is 5.13. The predicted octanol–water partition coefficient (Wildman–Crippen LogP) is 3.85. The van der Waals surface area contributed by atoms with E-state index in [4.69, 9.17) is 10.8 Å². The molecule has 36 heavy (non-hydrogen) atoms. The first-order valence-corrected chi connectivity index (χ1v) is 13.0. The maximum Gasteiger partial charge on any atom is 0.243 e. The number of Topliss-reactive ketones (excluding diaryl/α,β-unsaturated/α-hetero) is 1. The van der Waals surface area contributed by atoms with E-state index in [0.717, 1.165) is 63.2 Å². The molecular formula is C26H27N7O2S. The van der Waals surface area contributed by atoms with E-state index in [0.29, 0.717) is 24.1 Å². The number of benzene rings is 1. The Hall–Kier alpha value is -3.66. The second kappa shape index (κ2) is 8.77. The number of aromatic nitrogens is 5. The normalized spacial score (nSPS) is 23.2. The molecule has 9 nitrogen and oxygen atoms in total. The number of amides is 1. The minimum Gasteiger partial charge on any atom is -0.383 e. The fourth-order valence-corrected chi connectivity index (χ4v) is 7.10. The van der Waals surface area contributed by atoms with Crippen LogP contribution in [0.1, 0.15) is 43.7 Å². The summed E-state index contributed by atoms with van der Waals surface area (Å²) in [6, 6.07) is 6.46. The topological polar surface area (TPSA) is 129 Å². The molecular weight excluding hydrogens is 474 g/mol. The monoisotopic (exact) mass is 501 g/mol. The highest BCUT2D eigenvalue weighted by Crippen LogP contribution is 2.49. The molecule has 0 spiro atoms. The van der Waals surface area contributed by atoms with Crippen molar-refractivity contribution in [1.29, 1.82) is 0 Å². The van der Waals surface area contributed by atoms with Gasteiger partial charge in [-0.05, 0) is 62.7 Å². The summed E-state index contributed by atoms with van der Waals surface area (Å²) in [5, 5.41) is 9.69. The lowest BCUT2D eigenvalue weighted by Crippen LogP contribution is -2.32. The van der Waals surface area contributed by atoms with Crippen LogP contribution in [0.25, 0.3) is 32.5 Å². The highest BCUT2D eigenvalue weighted by Gasteiger charge is 2.43. The van der Waals surface area contributed by atoms with Crippen LogP contribution in [0.3, 0.4) is 0 Å². The third kappa shape index (κ3) is 3.95. The van der Waals surface area contributed by atoms with Crippen molar-refractivity contribution in [2.75, 3.05) is 5.73 Å². The molecule has 4 aromatic rings. The lowest BCUT2D eigenvalue weighted by atomic mass is 10.0. The van der Waals surface area contributed by atoms with Gasteiger partial charge in [0.1, 0.15) is 28.6 Å². The van der Waals surface area contributed by atoms with Gasteiger partial charge in [0.25, 0.3) is 0 Å². The van der Waals surface area contributed by atoms with Crippen LogP contribution in [-0.2, 0) is 16.0 Å². The lowest BCUT2D eigenvalue weighted by Gasteiger charge is -2.16. The van der Waals surface area contributed by atoms with Crippen molar-refractivity contribution in [2.24, 2.45) is 11.8 Å². The maximum absolute atomic E-state index is 11.7. The highest BCUT2D eigenvalue weighted by atomic mass is 32.1. The van der Waals surface area contributed by atoms with E-state index >= 15 is 0 Å². The maximum atomic E-state index is 11.7. The molecule has 10 heteroatoms. The summed E-state index contributed by atoms with van der Waals surface area (Å²) in [5.74, 6) is 1.49. The zero-order valence-corrected chi connectivity index (χ0v) is 20.8. The van der Waals surface area contributed by atoms with E-state index in [9.17, 15) is 9.59 Å². The van der Waals surface area contributed by atoms with E-state index in [1.165, 1.54) is 23.7 Å². The molecule has 2 aliphatic rings. The molecule has 0 aliphatic heterocycles. The largest absolute Gasteiger partial charge is 0.383 e. The van der Waals surface area contributed by atoms with Gasteiger partial charge in [-0.2, -0.15) is 5.10 Å². The third-order valence-corrected chi connectivity index (χ3v) is 8.51. The molecule has 184 valence electrons. The van der Waals surface area contributed by atoms with Crippen molar-refractivity contribution in [3.63, 3.8) is 0 Å². The van der Waals surface area contributed by atoms with E-state index < -0.39 is 0 Å². The zero-order chi connectivity index (χ0) is 25.0. The second-order valence-electron chi connectivity index (χ2n) is 9.95. The lowest BCUT2D eigenvalue weighted by molar-refractivity contribution is -0.117. The van der Waals surface area contributed by atoms with Gasteiger partial charge in [0.15, 0.2) is 5.65 Å². The van der Waals surface area contributed by atoms with Crippen LogP contribution in [0.4, 0.5) is 5.82 Å². The standard InChI is InChI=1S/C26H27N7O2S/c1-3-21(35)30-17-7-15-9-18(10-16(15)8-17)33-26-23(25(27)28-12-29-26)24(32-33)14-4-5-19-20(11-14)36-22(31-19)6-13(2)34/h3-5,11-12,15-18H,1,6-10H2,2H3,(H,30,35)(H2,27,28,29). The average Bonchev–Trinajstić information content (AvgIpc) is 3.58. The Morgan fingerprint density at radius 1 is 1.22 bits per heavy atom. The van der Waals surface area contributed by atoms with Gasteiger partial charge in [-0.25, -0.2) is 19.6 Å². The Kier molecular flexibility index (Phi) is 5.55. The van der Waals surface area contributed by atoms with Crippen molar-refractivity contribution in [2.45, 2.75) is 51.1 Å². The number of hydrogen-bond donors (Lipinski definition) is 2. The van der Waals surface area contributed by atoms with Crippen molar-refractivity contribution in [3.05, 3.63) is 42.2 Å². The van der Waals surface area contributed by atoms with Crippen LogP contribution in [0, 0.1) is 11.8 Å². The van der Waals surface area contributed by atoms with Gasteiger partial charge in [0, 0.05) is 11.6 Å². The minimum absolute atomic E-state index is 0.0969. The molecule has 2 aliphatic carbocycles. The number of thiazole rings is 1. The van der Waals surface area contributed by atoms with Gasteiger partial charge in [0.05, 0.1) is 28.1 Å². The first-order valence-electron chi connectivity index (χ1n) is 12.2. The first-order chi connectivity index (χ1) is 17.4. The second-order valence-corrected chi connectivity index (χ2v) is 11.1. The van der Waals surface area contributed by atoms with Gasteiger partial charge in [0.2, 0.25) is 5.91 Å². The van der Waals surface area contributed by atoms with Gasteiger partial charge in [-0.3, -0.25) is 9.59 Å². The third-order valence-electron chi connectivity index (χ3n) is 7.49. The molecule has 0 radical (unpaired) electrons. The van der Waals surface area contributed by atoms with E-state index in [1.807, 2.05) is 16.8 Å². The smallest absolute Gasteiger partial charge is 0.243 e. The molecule has 2 unspecified atom stereocenters. The van der Waals surface area contributed by atoms with Gasteiger partial charge in [-0.1, -0.05) is 12.6 Å². The number of rotatable bonds is 6. The number of carbonyl (C=O) groups excluding carboxylic acids is 2. The summed E-state index contributed by atoms with van der Waals surface area (Å²) in [4.78, 5) is 36.7. The summed E-state index contributed by atoms with van der Waals surface area (Å²) in [6.07, 6.45) is 7.13. The molecule has 0 bridgehead atoms. The van der Waals surface area contributed by atoms with Crippen molar-refractivity contribution in [1.82, 2.24) is 30.0 Å². The predicted molar refractivity (Wildman–Crippen MR) is 139 cm³/mol. The summed E-state index contributed by atoms with van der Waals surface area (Å²) >= 11 is 1.53. The van der Waals surface area contributed by atoms with Gasteiger partial charge in [-0.15, -0.1) is 11.3 Å². The number of nitrogens with one attached hydrogen (secondary N) is 1. The number of anilines is 1. The van der Waals surface area contributed by atoms with Crippen LogP contribution >= 0.6 is 11.3 Å². The van der Waals surface area contributed by atoms with Crippen molar-refractivity contribution in [3.8, 4) is 11.3 Å². The van der Waals surface area contributed by atoms with Gasteiger partial charge >= 0.3 is 0 Å². The molecule has 6 rings (SSSR count). The summed E-state index contributed by atoms with van der Waals surface area (Å²) < 4.78 is 3.04. The number of nitrogens with zero attached hydrogens (tertiary/aromatic N) is 5. The Balaban J connectivity index is 1.33. The minimum atomic E-state index is -0.0993. The fourth-order valence-electron chi connectivity index (χ4n) is 6.02. The fraction of sp³-hybridized carbons (Fsp3) is 0.385. The molecule has 2 saturated carbocycles. The number of ketones is 1. The average molecular weight is 502 g/mol. The Labute approximate surface area is 211 Å². The summed E-state index contributed by atoms with van der Waals surface area (Å²) in [7, 11) is 0. The highest BCUT2D eigenvalue weighted by molar-refractivity contribution is 7.18. The molecule has 2 atom stereocenters. The molecule has 3 N–H and O–H groups in total. The van der Waals surface area contributed by atoms with Crippen LogP contribution in [0.15, 0.2) is 37.2 Å². The quantitative estimate of drug-likeness (QED) is 0.384. The zero-order valence-electron chi connectivity index (χ0n) is 20.0. The van der Waals surface area contributed by atoms with E-state index in [2.05, 4.69) is 32.9 Å². The SMILES string of the molecule is C=CC(=O)NC1CC2CC(n3nc(-c4ccc5nc(CC(C)=O)sc5c4)c4c(N)ncnc43)CC2C1. The van der Waals surface area contributed by atoms with Crippen molar-refractivity contribution >= 4 is 50.1 Å². The number of nitrogens with two attached hydrogens (primary N) is 1. The van der Waals surface area contributed by atoms with E-state index in [-0.39, 0.29) is 23.8 Å². The Morgan fingerprint density at radius 2 is 2.00 bits per heavy atom. The van der Waals surface area contributed by atoms with Crippen molar-refractivity contribution < 1.29 is 9.59 Å². The molecule has 0 saturated heterocycles. The summed E-state index contributed by atoms with van der Waals surface area (Å²) in [5.41, 5.74) is 9.66. The first kappa shape index (κ1) is 22.8. The Bertz CT molecular complexity index is 1510. The van der Waals surface area contributed by atoms with Crippen LogP contribution in [0.2, 0.25) is 0 Å².